The average molecular weight is 483 g/mol. The number of hydrogen-bond donors (Lipinski definition) is 1. The van der Waals surface area contributed by atoms with Crippen LogP contribution in [-0.2, 0) is 17.8 Å². The Kier molecular flexibility index (Phi) is 8.98. The van der Waals surface area contributed by atoms with Gasteiger partial charge in [0.15, 0.2) is 17.1 Å². The van der Waals surface area contributed by atoms with Crippen LogP contribution in [0, 0.1) is 0 Å². The molecule has 0 radical (unpaired) electrons. The van der Waals surface area contributed by atoms with Crippen LogP contribution in [0.5, 0.6) is 17.2 Å². The topological polar surface area (TPSA) is 87.5 Å². The summed E-state index contributed by atoms with van der Waals surface area (Å²) in [5, 5.41) is 12.1. The third-order valence-electron chi connectivity index (χ3n) is 5.08. The van der Waals surface area contributed by atoms with Crippen LogP contribution in [0.1, 0.15) is 31.3 Å². The molecule has 3 rings (SSSR count). The lowest BCUT2D eigenvalue weighted by atomic mass is 10.2. The van der Waals surface area contributed by atoms with E-state index in [9.17, 15) is 4.79 Å². The number of benzene rings is 2. The Morgan fingerprint density at radius 3 is 2.53 bits per heavy atom. The Bertz CT molecular complexity index is 1110. The molecule has 0 saturated carbocycles. The SMILES string of the molecule is C=CCn1c(SCC(=O)Nc2ccc(OC)cc2OC)nnc1C(C)Oc1ccc(CC)cc1. The highest BCUT2D eigenvalue weighted by molar-refractivity contribution is 7.99. The van der Waals surface area contributed by atoms with Gasteiger partial charge in [-0.1, -0.05) is 36.9 Å². The lowest BCUT2D eigenvalue weighted by Crippen LogP contribution is -2.16. The van der Waals surface area contributed by atoms with Crippen LogP contribution in [0.25, 0.3) is 0 Å². The molecule has 0 aliphatic heterocycles. The number of carbonyl (C=O) groups is 1. The molecule has 1 unspecified atom stereocenters. The number of rotatable bonds is 12. The van der Waals surface area contributed by atoms with Gasteiger partial charge in [-0.05, 0) is 43.2 Å². The molecule has 0 aliphatic rings. The molecule has 3 aromatic rings. The number of nitrogens with one attached hydrogen (secondary N) is 1. The van der Waals surface area contributed by atoms with Gasteiger partial charge in [0.25, 0.3) is 0 Å². The first-order valence-electron chi connectivity index (χ1n) is 10.9. The van der Waals surface area contributed by atoms with Crippen molar-refractivity contribution in [3.8, 4) is 17.2 Å². The maximum absolute atomic E-state index is 12.6. The molecule has 0 spiro atoms. The summed E-state index contributed by atoms with van der Waals surface area (Å²) in [4.78, 5) is 12.6. The molecule has 1 amide bonds. The van der Waals surface area contributed by atoms with E-state index < -0.39 is 0 Å². The molecule has 1 heterocycles. The second-order valence-corrected chi connectivity index (χ2v) is 8.34. The first-order valence-corrected chi connectivity index (χ1v) is 11.9. The molecule has 1 aromatic heterocycles. The van der Waals surface area contributed by atoms with Gasteiger partial charge in [0.1, 0.15) is 17.2 Å². The first-order chi connectivity index (χ1) is 16.5. The van der Waals surface area contributed by atoms with Crippen LogP contribution in [0.4, 0.5) is 5.69 Å². The number of amides is 1. The fourth-order valence-electron chi connectivity index (χ4n) is 3.29. The van der Waals surface area contributed by atoms with Crippen molar-refractivity contribution >= 4 is 23.4 Å². The lowest BCUT2D eigenvalue weighted by molar-refractivity contribution is -0.113. The second kappa shape index (κ2) is 12.1. The van der Waals surface area contributed by atoms with Crippen molar-refractivity contribution in [2.75, 3.05) is 25.3 Å². The van der Waals surface area contributed by atoms with E-state index >= 15 is 0 Å². The van der Waals surface area contributed by atoms with Crippen molar-refractivity contribution < 1.29 is 19.0 Å². The number of nitrogens with zero attached hydrogens (tertiary/aromatic N) is 3. The van der Waals surface area contributed by atoms with Gasteiger partial charge in [0.05, 0.1) is 25.7 Å². The van der Waals surface area contributed by atoms with Crippen LogP contribution >= 0.6 is 11.8 Å². The maximum atomic E-state index is 12.6. The van der Waals surface area contributed by atoms with E-state index in [0.29, 0.717) is 34.7 Å². The summed E-state index contributed by atoms with van der Waals surface area (Å²) >= 11 is 1.29. The largest absolute Gasteiger partial charge is 0.497 e. The Morgan fingerprint density at radius 1 is 1.15 bits per heavy atom. The van der Waals surface area contributed by atoms with Crippen LogP contribution < -0.4 is 19.5 Å². The minimum absolute atomic E-state index is 0.151. The van der Waals surface area contributed by atoms with E-state index in [1.807, 2.05) is 35.8 Å². The van der Waals surface area contributed by atoms with Crippen molar-refractivity contribution in [3.05, 3.63) is 66.5 Å². The van der Waals surface area contributed by atoms with Gasteiger partial charge in [0.2, 0.25) is 5.91 Å². The normalized spacial score (nSPS) is 11.5. The molecule has 180 valence electrons. The van der Waals surface area contributed by atoms with Crippen LogP contribution in [0.15, 0.2) is 60.3 Å². The summed E-state index contributed by atoms with van der Waals surface area (Å²) in [5.41, 5.74) is 1.82. The Morgan fingerprint density at radius 2 is 1.88 bits per heavy atom. The van der Waals surface area contributed by atoms with E-state index in [2.05, 4.69) is 29.0 Å². The van der Waals surface area contributed by atoms with Crippen molar-refractivity contribution in [1.82, 2.24) is 14.8 Å². The summed E-state index contributed by atoms with van der Waals surface area (Å²) in [7, 11) is 3.12. The minimum Gasteiger partial charge on any atom is -0.497 e. The molecule has 0 aliphatic carbocycles. The average Bonchev–Trinajstić information content (AvgIpc) is 3.26. The van der Waals surface area contributed by atoms with Crippen LogP contribution in [0.3, 0.4) is 0 Å². The zero-order valence-corrected chi connectivity index (χ0v) is 20.7. The summed E-state index contributed by atoms with van der Waals surface area (Å²) in [5.74, 6) is 2.56. The molecular weight excluding hydrogens is 452 g/mol. The number of ether oxygens (including phenoxy) is 3. The molecular formula is C25H30N4O4S. The summed E-state index contributed by atoms with van der Waals surface area (Å²) < 4.78 is 18.5. The fourth-order valence-corrected chi connectivity index (χ4v) is 4.04. The third-order valence-corrected chi connectivity index (χ3v) is 6.05. The van der Waals surface area contributed by atoms with Gasteiger partial charge >= 0.3 is 0 Å². The van der Waals surface area contributed by atoms with Crippen LogP contribution in [0.2, 0.25) is 0 Å². The van der Waals surface area contributed by atoms with E-state index in [0.717, 1.165) is 12.2 Å². The molecule has 2 aromatic carbocycles. The van der Waals surface area contributed by atoms with Crippen molar-refractivity contribution in [2.24, 2.45) is 0 Å². The smallest absolute Gasteiger partial charge is 0.234 e. The molecule has 9 heteroatoms. The van der Waals surface area contributed by atoms with Gasteiger partial charge in [-0.3, -0.25) is 9.36 Å². The van der Waals surface area contributed by atoms with Gasteiger partial charge < -0.3 is 19.5 Å². The number of aromatic nitrogens is 3. The lowest BCUT2D eigenvalue weighted by Gasteiger charge is -2.16. The van der Waals surface area contributed by atoms with E-state index in [-0.39, 0.29) is 17.8 Å². The number of thioether (sulfide) groups is 1. The number of allylic oxidation sites excluding steroid dienone is 1. The highest BCUT2D eigenvalue weighted by atomic mass is 32.2. The first kappa shape index (κ1) is 25.2. The Balaban J connectivity index is 1.66. The number of methoxy groups -OCH3 is 2. The van der Waals surface area contributed by atoms with Crippen molar-refractivity contribution in [3.63, 3.8) is 0 Å². The zero-order valence-electron chi connectivity index (χ0n) is 19.9. The third kappa shape index (κ3) is 6.32. The predicted molar refractivity (Wildman–Crippen MR) is 134 cm³/mol. The summed E-state index contributed by atoms with van der Waals surface area (Å²) in [6, 6.07) is 13.2. The summed E-state index contributed by atoms with van der Waals surface area (Å²) in [6.45, 7) is 8.37. The molecule has 0 saturated heterocycles. The van der Waals surface area contributed by atoms with Gasteiger partial charge in [-0.2, -0.15) is 0 Å². The number of carbonyl (C=O) groups excluding carboxylic acids is 1. The predicted octanol–water partition coefficient (Wildman–Crippen LogP) is 4.91. The maximum Gasteiger partial charge on any atom is 0.234 e. The highest BCUT2D eigenvalue weighted by Crippen LogP contribution is 2.30. The summed E-state index contributed by atoms with van der Waals surface area (Å²) in [6.07, 6.45) is 2.41. The highest BCUT2D eigenvalue weighted by Gasteiger charge is 2.20. The molecule has 0 fully saturated rings. The van der Waals surface area contributed by atoms with Crippen LogP contribution in [-0.4, -0.2) is 40.6 Å². The standard InChI is InChI=1S/C25H30N4O4S/c1-6-14-29-24(17(3)33-19-10-8-18(7-2)9-11-19)27-28-25(29)34-16-23(30)26-21-13-12-20(31-4)15-22(21)32-5/h6,8-13,15,17H,1,7,14,16H2,2-5H3,(H,26,30). The zero-order chi connectivity index (χ0) is 24.5. The van der Waals surface area contributed by atoms with E-state index in [1.54, 1.807) is 38.5 Å². The molecule has 34 heavy (non-hydrogen) atoms. The van der Waals surface area contributed by atoms with E-state index in [4.69, 9.17) is 14.2 Å². The number of anilines is 1. The molecule has 0 bridgehead atoms. The molecule has 8 nitrogen and oxygen atoms in total. The van der Waals surface area contributed by atoms with Gasteiger partial charge in [0, 0.05) is 12.6 Å². The Hall–Kier alpha value is -3.46. The van der Waals surface area contributed by atoms with E-state index in [1.165, 1.54) is 17.3 Å². The Labute approximate surface area is 204 Å². The molecule has 1 N–H and O–H groups in total. The monoisotopic (exact) mass is 482 g/mol. The van der Waals surface area contributed by atoms with Crippen molar-refractivity contribution in [2.45, 2.75) is 38.1 Å². The minimum atomic E-state index is -0.327. The van der Waals surface area contributed by atoms with Gasteiger partial charge in [-0.15, -0.1) is 16.8 Å². The number of hydrogen-bond acceptors (Lipinski definition) is 7. The van der Waals surface area contributed by atoms with Crippen molar-refractivity contribution in [1.29, 1.82) is 0 Å². The second-order valence-electron chi connectivity index (χ2n) is 7.40. The fraction of sp³-hybridized carbons (Fsp3) is 0.320. The van der Waals surface area contributed by atoms with Gasteiger partial charge in [-0.25, -0.2) is 0 Å². The number of aryl methyl sites for hydroxylation is 1. The quantitative estimate of drug-likeness (QED) is 0.290. The molecule has 1 atom stereocenters.